The molecule has 94 valence electrons. The zero-order valence-corrected chi connectivity index (χ0v) is 10.0. The number of pyridine rings is 1. The third-order valence-corrected chi connectivity index (χ3v) is 3.08. The maximum absolute atomic E-state index is 12.7. The molecule has 0 spiro atoms. The van der Waals surface area contributed by atoms with Crippen LogP contribution < -0.4 is 0 Å². The minimum atomic E-state index is -2.75. The minimum Gasteiger partial charge on any atom is -0.478 e. The quantitative estimate of drug-likeness (QED) is 0.903. The van der Waals surface area contributed by atoms with E-state index in [0.717, 1.165) is 6.20 Å². The Hall–Kier alpha value is -1.75. The van der Waals surface area contributed by atoms with Crippen LogP contribution in [0.15, 0.2) is 18.3 Å². The van der Waals surface area contributed by atoms with Gasteiger partial charge >= 0.3 is 5.97 Å². The van der Waals surface area contributed by atoms with Gasteiger partial charge in [0.1, 0.15) is 0 Å². The van der Waals surface area contributed by atoms with Crippen molar-refractivity contribution in [3.05, 3.63) is 40.0 Å². The highest BCUT2D eigenvalue weighted by molar-refractivity contribution is 6.36. The van der Waals surface area contributed by atoms with Crippen molar-refractivity contribution in [1.29, 1.82) is 0 Å². The maximum Gasteiger partial charge on any atom is 0.338 e. The number of halogens is 3. The van der Waals surface area contributed by atoms with Gasteiger partial charge in [0, 0.05) is 11.6 Å². The van der Waals surface area contributed by atoms with Crippen LogP contribution in [0.1, 0.15) is 27.9 Å². The Bertz CT molecular complexity index is 644. The van der Waals surface area contributed by atoms with Crippen LogP contribution in [0, 0.1) is 6.92 Å². The first-order valence-electron chi connectivity index (χ1n) is 5.02. The van der Waals surface area contributed by atoms with Gasteiger partial charge in [-0.25, -0.2) is 13.6 Å². The standard InChI is InChI=1S/C12H8ClF2NO2/c1-5-2-3-6-9(13)7(11(14)15)4-16-10(6)8(5)12(17)18/h2-4,11H,1H3,(H,17,18). The number of aryl methyl sites for hydroxylation is 1. The second-order valence-electron chi connectivity index (χ2n) is 3.79. The molecular weight excluding hydrogens is 264 g/mol. The number of aromatic nitrogens is 1. The summed E-state index contributed by atoms with van der Waals surface area (Å²) in [6, 6.07) is 3.02. The van der Waals surface area contributed by atoms with Crippen molar-refractivity contribution >= 4 is 28.5 Å². The van der Waals surface area contributed by atoms with Gasteiger partial charge in [0.2, 0.25) is 0 Å². The average Bonchev–Trinajstić information content (AvgIpc) is 2.27. The van der Waals surface area contributed by atoms with Crippen LogP contribution in [-0.4, -0.2) is 16.1 Å². The summed E-state index contributed by atoms with van der Waals surface area (Å²) in [4.78, 5) is 14.9. The first-order chi connectivity index (χ1) is 8.43. The third-order valence-electron chi connectivity index (χ3n) is 2.66. The highest BCUT2D eigenvalue weighted by Crippen LogP contribution is 2.33. The molecule has 0 atom stereocenters. The lowest BCUT2D eigenvalue weighted by Gasteiger charge is -2.09. The van der Waals surface area contributed by atoms with Crippen LogP contribution in [0.4, 0.5) is 8.78 Å². The number of carboxylic acids is 1. The monoisotopic (exact) mass is 271 g/mol. The number of hydrogen-bond acceptors (Lipinski definition) is 2. The number of nitrogens with zero attached hydrogens (tertiary/aromatic N) is 1. The Morgan fingerprint density at radius 1 is 1.44 bits per heavy atom. The summed E-state index contributed by atoms with van der Waals surface area (Å²) in [6.45, 7) is 1.61. The summed E-state index contributed by atoms with van der Waals surface area (Å²) in [5, 5.41) is 9.17. The van der Waals surface area contributed by atoms with Crippen LogP contribution in [-0.2, 0) is 0 Å². The number of rotatable bonds is 2. The number of aromatic carboxylic acids is 1. The number of hydrogen-bond donors (Lipinski definition) is 1. The van der Waals surface area contributed by atoms with Gasteiger partial charge in [-0.15, -0.1) is 0 Å². The molecule has 1 aromatic heterocycles. The van der Waals surface area contributed by atoms with Gasteiger partial charge in [0.05, 0.1) is 21.7 Å². The summed E-state index contributed by atoms with van der Waals surface area (Å²) in [6.07, 6.45) is -1.83. The normalized spacial score (nSPS) is 11.2. The molecule has 0 aliphatic carbocycles. The summed E-state index contributed by atoms with van der Waals surface area (Å²) >= 11 is 5.85. The van der Waals surface area contributed by atoms with Crippen molar-refractivity contribution in [2.45, 2.75) is 13.3 Å². The van der Waals surface area contributed by atoms with Crippen molar-refractivity contribution in [3.8, 4) is 0 Å². The van der Waals surface area contributed by atoms with Gasteiger partial charge in [0.15, 0.2) is 0 Å². The maximum atomic E-state index is 12.7. The fraction of sp³-hybridized carbons (Fsp3) is 0.167. The third kappa shape index (κ3) is 1.90. The second-order valence-corrected chi connectivity index (χ2v) is 4.16. The largest absolute Gasteiger partial charge is 0.478 e. The number of carbonyl (C=O) groups is 1. The molecule has 6 heteroatoms. The molecule has 0 saturated carbocycles. The van der Waals surface area contributed by atoms with Gasteiger partial charge in [-0.05, 0) is 12.5 Å². The first kappa shape index (κ1) is 12.7. The van der Waals surface area contributed by atoms with E-state index < -0.39 is 18.0 Å². The van der Waals surface area contributed by atoms with Gasteiger partial charge in [-0.1, -0.05) is 23.7 Å². The molecular formula is C12H8ClF2NO2. The van der Waals surface area contributed by atoms with Crippen molar-refractivity contribution in [3.63, 3.8) is 0 Å². The predicted molar refractivity (Wildman–Crippen MR) is 63.4 cm³/mol. The number of carboxylic acid groups (broad SMARTS) is 1. The Balaban J connectivity index is 2.86. The number of benzene rings is 1. The Kier molecular flexibility index (Phi) is 3.17. The summed E-state index contributed by atoms with van der Waals surface area (Å²) in [5.41, 5.74) is 0.208. The second kappa shape index (κ2) is 4.49. The summed E-state index contributed by atoms with van der Waals surface area (Å²) < 4.78 is 25.3. The smallest absolute Gasteiger partial charge is 0.338 e. The molecule has 3 nitrogen and oxygen atoms in total. The van der Waals surface area contributed by atoms with Crippen LogP contribution in [0.2, 0.25) is 5.02 Å². The lowest BCUT2D eigenvalue weighted by Crippen LogP contribution is -2.03. The van der Waals surface area contributed by atoms with E-state index in [1.54, 1.807) is 6.92 Å². The molecule has 2 aromatic rings. The molecule has 2 rings (SSSR count). The van der Waals surface area contributed by atoms with E-state index in [9.17, 15) is 13.6 Å². The predicted octanol–water partition coefficient (Wildman–Crippen LogP) is 3.83. The molecule has 1 N–H and O–H groups in total. The van der Waals surface area contributed by atoms with Gasteiger partial charge in [-0.3, -0.25) is 4.98 Å². The molecule has 1 aromatic carbocycles. The van der Waals surface area contributed by atoms with Gasteiger partial charge in [-0.2, -0.15) is 0 Å². The molecule has 0 unspecified atom stereocenters. The van der Waals surface area contributed by atoms with Gasteiger partial charge in [0.25, 0.3) is 6.43 Å². The van der Waals surface area contributed by atoms with E-state index in [4.69, 9.17) is 16.7 Å². The van der Waals surface area contributed by atoms with E-state index in [1.807, 2.05) is 0 Å². The molecule has 0 radical (unpaired) electrons. The molecule has 0 fully saturated rings. The Labute approximate surface area is 106 Å². The molecule has 1 heterocycles. The van der Waals surface area contributed by atoms with Crippen LogP contribution in [0.3, 0.4) is 0 Å². The van der Waals surface area contributed by atoms with Crippen molar-refractivity contribution in [2.75, 3.05) is 0 Å². The summed E-state index contributed by atoms with van der Waals surface area (Å²) in [5.74, 6) is -1.16. The summed E-state index contributed by atoms with van der Waals surface area (Å²) in [7, 11) is 0. The lowest BCUT2D eigenvalue weighted by atomic mass is 10.0. The minimum absolute atomic E-state index is 0.0183. The Morgan fingerprint density at radius 2 is 2.11 bits per heavy atom. The molecule has 0 bridgehead atoms. The van der Waals surface area contributed by atoms with Crippen LogP contribution >= 0.6 is 11.6 Å². The molecule has 18 heavy (non-hydrogen) atoms. The fourth-order valence-corrected chi connectivity index (χ4v) is 2.06. The van der Waals surface area contributed by atoms with Crippen LogP contribution in [0.25, 0.3) is 10.9 Å². The topological polar surface area (TPSA) is 50.2 Å². The average molecular weight is 272 g/mol. The van der Waals surface area contributed by atoms with Gasteiger partial charge < -0.3 is 5.11 Å². The molecule has 0 amide bonds. The van der Waals surface area contributed by atoms with Crippen molar-refractivity contribution in [2.24, 2.45) is 0 Å². The molecule has 0 aliphatic heterocycles. The van der Waals surface area contributed by atoms with E-state index >= 15 is 0 Å². The van der Waals surface area contributed by atoms with E-state index in [-0.39, 0.29) is 21.5 Å². The zero-order chi connectivity index (χ0) is 13.4. The van der Waals surface area contributed by atoms with E-state index in [2.05, 4.69) is 4.98 Å². The number of fused-ring (bicyclic) bond motifs is 1. The molecule has 0 aliphatic rings. The van der Waals surface area contributed by atoms with E-state index in [1.165, 1.54) is 12.1 Å². The Morgan fingerprint density at radius 3 is 2.67 bits per heavy atom. The van der Waals surface area contributed by atoms with Crippen LogP contribution in [0.5, 0.6) is 0 Å². The molecule has 0 saturated heterocycles. The van der Waals surface area contributed by atoms with Crippen molar-refractivity contribution in [1.82, 2.24) is 4.98 Å². The highest BCUT2D eigenvalue weighted by atomic mass is 35.5. The van der Waals surface area contributed by atoms with Crippen molar-refractivity contribution < 1.29 is 18.7 Å². The zero-order valence-electron chi connectivity index (χ0n) is 9.25. The first-order valence-corrected chi connectivity index (χ1v) is 5.40. The lowest BCUT2D eigenvalue weighted by molar-refractivity contribution is 0.0698. The highest BCUT2D eigenvalue weighted by Gasteiger charge is 2.19. The van der Waals surface area contributed by atoms with E-state index in [0.29, 0.717) is 5.56 Å². The SMILES string of the molecule is Cc1ccc2c(Cl)c(C(F)F)cnc2c1C(=O)O. The fourth-order valence-electron chi connectivity index (χ4n) is 1.77. The number of alkyl halides is 2.